The molecule has 0 aliphatic carbocycles. The second-order valence-electron chi connectivity index (χ2n) is 5.60. The smallest absolute Gasteiger partial charge is 0.303 e. The zero-order valence-electron chi connectivity index (χ0n) is 13.1. The van der Waals surface area contributed by atoms with Crippen molar-refractivity contribution in [1.29, 1.82) is 0 Å². The van der Waals surface area contributed by atoms with Gasteiger partial charge in [-0.1, -0.05) is 64.2 Å². The zero-order valence-corrected chi connectivity index (χ0v) is 13.9. The summed E-state index contributed by atoms with van der Waals surface area (Å²) in [7, 11) is -1.99. The molecule has 0 heterocycles. The average molecular weight is 318 g/mol. The summed E-state index contributed by atoms with van der Waals surface area (Å²) in [5.74, 6) is -0.686. The standard InChI is InChI=1S/C16H30O4S/c17-16(18)14-12-10-8-6-4-2-1-3-5-7-9-11-13-15-21(19)20/h15H,1-14H2,(H,17,18). The molecule has 0 aromatic rings. The van der Waals surface area contributed by atoms with Gasteiger partial charge in [-0.3, -0.25) is 4.79 Å². The first kappa shape index (κ1) is 20.2. The Balaban J connectivity index is 3.06. The van der Waals surface area contributed by atoms with Crippen molar-refractivity contribution in [3.8, 4) is 0 Å². The van der Waals surface area contributed by atoms with Crippen molar-refractivity contribution >= 4 is 21.6 Å². The number of carboxylic acid groups (broad SMARTS) is 1. The summed E-state index contributed by atoms with van der Waals surface area (Å²) in [4.78, 5) is 10.3. The van der Waals surface area contributed by atoms with Crippen molar-refractivity contribution in [2.24, 2.45) is 0 Å². The number of carbonyl (C=O) groups is 1. The van der Waals surface area contributed by atoms with Crippen molar-refractivity contribution in [1.82, 2.24) is 0 Å². The first-order valence-corrected chi connectivity index (χ1v) is 9.40. The molecule has 0 bridgehead atoms. The van der Waals surface area contributed by atoms with Gasteiger partial charge in [0.2, 0.25) is 10.3 Å². The van der Waals surface area contributed by atoms with Gasteiger partial charge in [0.05, 0.1) is 0 Å². The summed E-state index contributed by atoms with van der Waals surface area (Å²) < 4.78 is 20.5. The first-order valence-electron chi connectivity index (χ1n) is 8.26. The van der Waals surface area contributed by atoms with Gasteiger partial charge in [0.15, 0.2) is 0 Å². The number of rotatable bonds is 15. The van der Waals surface area contributed by atoms with Crippen LogP contribution in [0.5, 0.6) is 0 Å². The summed E-state index contributed by atoms with van der Waals surface area (Å²) in [6.45, 7) is 0. The third kappa shape index (κ3) is 19.2. The maximum atomic E-state index is 10.3. The average Bonchev–Trinajstić information content (AvgIpc) is 2.42. The molecule has 0 radical (unpaired) electrons. The van der Waals surface area contributed by atoms with Gasteiger partial charge in [0.1, 0.15) is 0 Å². The summed E-state index contributed by atoms with van der Waals surface area (Å²) in [5, 5.41) is 9.84. The van der Waals surface area contributed by atoms with E-state index in [-0.39, 0.29) is 0 Å². The molecule has 1 N–H and O–H groups in total. The highest BCUT2D eigenvalue weighted by atomic mass is 32.2. The first-order chi connectivity index (χ1) is 10.1. The van der Waals surface area contributed by atoms with Crippen LogP contribution in [0.1, 0.15) is 89.9 Å². The number of unbranched alkanes of at least 4 members (excludes halogenated alkanes) is 12. The summed E-state index contributed by atoms with van der Waals surface area (Å²) in [5.41, 5.74) is 0. The third-order valence-corrected chi connectivity index (χ3v) is 4.11. The molecule has 0 aliphatic heterocycles. The van der Waals surface area contributed by atoms with E-state index in [0.717, 1.165) is 32.1 Å². The fourth-order valence-electron chi connectivity index (χ4n) is 2.37. The van der Waals surface area contributed by atoms with Crippen LogP contribution in [0, 0.1) is 0 Å². The van der Waals surface area contributed by atoms with Crippen LogP contribution in [0.25, 0.3) is 0 Å². The molecule has 0 atom stereocenters. The molecule has 0 unspecified atom stereocenters. The molecule has 0 spiro atoms. The molecule has 5 heteroatoms. The Morgan fingerprint density at radius 1 is 0.714 bits per heavy atom. The molecule has 0 aromatic carbocycles. The predicted molar refractivity (Wildman–Crippen MR) is 87.3 cm³/mol. The summed E-state index contributed by atoms with van der Waals surface area (Å²) in [6, 6.07) is 0. The topological polar surface area (TPSA) is 71.4 Å². The molecule has 0 fully saturated rings. The molecule has 0 aromatic heterocycles. The predicted octanol–water partition coefficient (Wildman–Crippen LogP) is 4.21. The van der Waals surface area contributed by atoms with Crippen LogP contribution in [0.3, 0.4) is 0 Å². The fraction of sp³-hybridized carbons (Fsp3) is 0.875. The van der Waals surface area contributed by atoms with E-state index >= 15 is 0 Å². The van der Waals surface area contributed by atoms with Crippen molar-refractivity contribution in [3.63, 3.8) is 0 Å². The van der Waals surface area contributed by atoms with Gasteiger partial charge in [-0.15, -0.1) is 0 Å². The highest BCUT2D eigenvalue weighted by Crippen LogP contribution is 2.12. The lowest BCUT2D eigenvalue weighted by molar-refractivity contribution is -0.137. The van der Waals surface area contributed by atoms with E-state index in [4.69, 9.17) is 5.11 Å². The molecule has 0 saturated carbocycles. The highest BCUT2D eigenvalue weighted by molar-refractivity contribution is 7.71. The molecule has 124 valence electrons. The van der Waals surface area contributed by atoms with Crippen LogP contribution in [-0.2, 0) is 15.1 Å². The second kappa shape index (κ2) is 15.5. The number of aliphatic carboxylic acids is 1. The van der Waals surface area contributed by atoms with E-state index in [1.165, 1.54) is 50.3 Å². The molecular formula is C16H30O4S. The number of carboxylic acids is 1. The fourth-order valence-corrected chi connectivity index (χ4v) is 2.73. The molecule has 4 nitrogen and oxygen atoms in total. The van der Waals surface area contributed by atoms with Gasteiger partial charge < -0.3 is 5.11 Å². The molecular weight excluding hydrogens is 288 g/mol. The Morgan fingerprint density at radius 3 is 1.48 bits per heavy atom. The maximum Gasteiger partial charge on any atom is 0.303 e. The quantitative estimate of drug-likeness (QED) is 0.362. The zero-order chi connectivity index (χ0) is 15.8. The Kier molecular flexibility index (Phi) is 14.9. The minimum absolute atomic E-state index is 0.308. The van der Waals surface area contributed by atoms with Crippen LogP contribution in [0.15, 0.2) is 0 Å². The van der Waals surface area contributed by atoms with Gasteiger partial charge in [0, 0.05) is 11.8 Å². The molecule has 0 saturated heterocycles. The van der Waals surface area contributed by atoms with Crippen molar-refractivity contribution < 1.29 is 18.3 Å². The largest absolute Gasteiger partial charge is 0.481 e. The van der Waals surface area contributed by atoms with E-state index in [1.807, 2.05) is 0 Å². The minimum atomic E-state index is -1.99. The Morgan fingerprint density at radius 2 is 1.10 bits per heavy atom. The monoisotopic (exact) mass is 318 g/mol. The molecule has 0 aliphatic rings. The van der Waals surface area contributed by atoms with E-state index in [2.05, 4.69) is 0 Å². The third-order valence-electron chi connectivity index (χ3n) is 3.60. The van der Waals surface area contributed by atoms with Crippen LogP contribution >= 0.6 is 0 Å². The van der Waals surface area contributed by atoms with Gasteiger partial charge in [-0.2, -0.15) is 8.42 Å². The maximum absolute atomic E-state index is 10.3. The highest BCUT2D eigenvalue weighted by Gasteiger charge is 1.96. The lowest BCUT2D eigenvalue weighted by Gasteiger charge is -2.02. The van der Waals surface area contributed by atoms with Crippen LogP contribution in [-0.4, -0.2) is 24.9 Å². The summed E-state index contributed by atoms with van der Waals surface area (Å²) >= 11 is 0. The molecule has 0 rings (SSSR count). The Bertz CT molecular complexity index is 366. The lowest BCUT2D eigenvalue weighted by atomic mass is 10.0. The lowest BCUT2D eigenvalue weighted by Crippen LogP contribution is -1.93. The SMILES string of the molecule is O=C(O)CCCCCCCCCCCCCCC=S(=O)=O. The molecule has 0 amide bonds. The van der Waals surface area contributed by atoms with E-state index in [0.29, 0.717) is 12.8 Å². The Hall–Kier alpha value is -0.840. The van der Waals surface area contributed by atoms with Crippen LogP contribution < -0.4 is 0 Å². The Labute approximate surface area is 130 Å². The van der Waals surface area contributed by atoms with Crippen molar-refractivity contribution in [2.75, 3.05) is 0 Å². The van der Waals surface area contributed by atoms with Crippen LogP contribution in [0.2, 0.25) is 0 Å². The van der Waals surface area contributed by atoms with Gasteiger partial charge >= 0.3 is 5.97 Å². The molecule has 21 heavy (non-hydrogen) atoms. The van der Waals surface area contributed by atoms with Gasteiger partial charge in [-0.25, -0.2) is 0 Å². The van der Waals surface area contributed by atoms with E-state index in [9.17, 15) is 13.2 Å². The van der Waals surface area contributed by atoms with E-state index in [1.54, 1.807) is 0 Å². The summed E-state index contributed by atoms with van der Waals surface area (Å²) in [6.07, 6.45) is 14.9. The van der Waals surface area contributed by atoms with Gasteiger partial charge in [0.25, 0.3) is 0 Å². The second-order valence-corrected chi connectivity index (χ2v) is 6.46. The van der Waals surface area contributed by atoms with Crippen LogP contribution in [0.4, 0.5) is 0 Å². The van der Waals surface area contributed by atoms with Crippen molar-refractivity contribution in [3.05, 3.63) is 0 Å². The normalized spacial score (nSPS) is 10.5. The number of hydrogen-bond donors (Lipinski definition) is 1. The minimum Gasteiger partial charge on any atom is -0.481 e. The van der Waals surface area contributed by atoms with E-state index < -0.39 is 16.3 Å². The van der Waals surface area contributed by atoms with Crippen molar-refractivity contribution in [2.45, 2.75) is 89.9 Å². The number of hydrogen-bond acceptors (Lipinski definition) is 3. The van der Waals surface area contributed by atoms with Gasteiger partial charge in [-0.05, 0) is 19.3 Å².